The van der Waals surface area contributed by atoms with Crippen molar-refractivity contribution in [3.63, 3.8) is 0 Å². The van der Waals surface area contributed by atoms with Crippen molar-refractivity contribution in [3.05, 3.63) is 35.4 Å². The van der Waals surface area contributed by atoms with Crippen LogP contribution in [0.4, 0.5) is 4.79 Å². The molecule has 7 nitrogen and oxygen atoms in total. The summed E-state index contributed by atoms with van der Waals surface area (Å²) >= 11 is 0. The fraction of sp³-hybridized carbons (Fsp3) is 0.250. The van der Waals surface area contributed by atoms with Crippen molar-refractivity contribution in [2.75, 3.05) is 13.7 Å². The van der Waals surface area contributed by atoms with Gasteiger partial charge >= 0.3 is 6.09 Å². The summed E-state index contributed by atoms with van der Waals surface area (Å²) in [5.41, 5.74) is 6.14. The molecular weight excluding hydrogens is 250 g/mol. The van der Waals surface area contributed by atoms with Gasteiger partial charge in [0.15, 0.2) is 0 Å². The summed E-state index contributed by atoms with van der Waals surface area (Å²) in [5.74, 6) is -0.987. The van der Waals surface area contributed by atoms with Gasteiger partial charge in [-0.25, -0.2) is 4.79 Å². The van der Waals surface area contributed by atoms with E-state index in [1.807, 2.05) is 0 Å². The molecule has 0 saturated heterocycles. The molecule has 7 heteroatoms. The van der Waals surface area contributed by atoms with Gasteiger partial charge < -0.3 is 21.1 Å². The largest absolute Gasteiger partial charge is 0.453 e. The Morgan fingerprint density at radius 3 is 2.32 bits per heavy atom. The number of primary amides is 1. The van der Waals surface area contributed by atoms with E-state index in [0.717, 1.165) is 5.56 Å². The first-order valence-corrected chi connectivity index (χ1v) is 5.50. The van der Waals surface area contributed by atoms with Crippen LogP contribution in [-0.2, 0) is 16.1 Å². The Bertz CT molecular complexity index is 470. The normalized spacial score (nSPS) is 9.53. The Balaban J connectivity index is 2.53. The molecule has 0 atom stereocenters. The average Bonchev–Trinajstić information content (AvgIpc) is 2.42. The first kappa shape index (κ1) is 14.5. The number of amides is 3. The van der Waals surface area contributed by atoms with Crippen LogP contribution >= 0.6 is 0 Å². The Kier molecular flexibility index (Phi) is 5.34. The minimum Gasteiger partial charge on any atom is -0.453 e. The summed E-state index contributed by atoms with van der Waals surface area (Å²) in [5, 5.41) is 4.89. The van der Waals surface area contributed by atoms with Gasteiger partial charge in [0.2, 0.25) is 5.91 Å². The minimum absolute atomic E-state index is 0.204. The number of nitrogens with two attached hydrogens (primary N) is 1. The van der Waals surface area contributed by atoms with Crippen molar-refractivity contribution in [3.8, 4) is 0 Å². The molecule has 0 aromatic heterocycles. The number of rotatable bonds is 5. The fourth-order valence-electron chi connectivity index (χ4n) is 1.29. The van der Waals surface area contributed by atoms with E-state index in [4.69, 9.17) is 5.73 Å². The highest BCUT2D eigenvalue weighted by atomic mass is 16.5. The quantitative estimate of drug-likeness (QED) is 0.682. The van der Waals surface area contributed by atoms with Gasteiger partial charge in [-0.05, 0) is 17.7 Å². The lowest BCUT2D eigenvalue weighted by Gasteiger charge is -2.06. The molecular formula is C12H15N3O4. The summed E-state index contributed by atoms with van der Waals surface area (Å²) in [4.78, 5) is 33.0. The van der Waals surface area contributed by atoms with Crippen LogP contribution in [0.25, 0.3) is 0 Å². The van der Waals surface area contributed by atoms with Gasteiger partial charge in [0.25, 0.3) is 5.91 Å². The van der Waals surface area contributed by atoms with Gasteiger partial charge in [0.05, 0.1) is 13.7 Å². The molecule has 3 amide bonds. The summed E-state index contributed by atoms with van der Waals surface area (Å²) < 4.78 is 4.43. The van der Waals surface area contributed by atoms with Crippen LogP contribution in [0.3, 0.4) is 0 Å². The van der Waals surface area contributed by atoms with Gasteiger partial charge in [-0.3, -0.25) is 9.59 Å². The molecule has 0 fully saturated rings. The summed E-state index contributed by atoms with van der Waals surface area (Å²) in [6.07, 6.45) is -0.525. The number of benzene rings is 1. The van der Waals surface area contributed by atoms with Gasteiger partial charge in [0, 0.05) is 12.1 Å². The molecule has 0 unspecified atom stereocenters. The van der Waals surface area contributed by atoms with Crippen molar-refractivity contribution in [2.45, 2.75) is 6.54 Å². The average molecular weight is 265 g/mol. The fourth-order valence-corrected chi connectivity index (χ4v) is 1.29. The van der Waals surface area contributed by atoms with Crippen LogP contribution < -0.4 is 16.4 Å². The SMILES string of the molecule is COC(=O)NCc1ccc(C(=O)NCC(N)=O)cc1. The molecule has 0 radical (unpaired) electrons. The maximum Gasteiger partial charge on any atom is 0.407 e. The maximum atomic E-state index is 11.6. The number of methoxy groups -OCH3 is 1. The smallest absolute Gasteiger partial charge is 0.407 e. The number of hydrogen-bond donors (Lipinski definition) is 3. The van der Waals surface area contributed by atoms with Crippen LogP contribution in [0.2, 0.25) is 0 Å². The van der Waals surface area contributed by atoms with Gasteiger partial charge in [-0.2, -0.15) is 0 Å². The van der Waals surface area contributed by atoms with E-state index in [9.17, 15) is 14.4 Å². The lowest BCUT2D eigenvalue weighted by atomic mass is 10.1. The van der Waals surface area contributed by atoms with Crippen LogP contribution in [0, 0.1) is 0 Å². The molecule has 4 N–H and O–H groups in total. The standard InChI is InChI=1S/C12H15N3O4/c1-19-12(18)15-6-8-2-4-9(5-3-8)11(17)14-7-10(13)16/h2-5H,6-7H2,1H3,(H2,13,16)(H,14,17)(H,15,18). The molecule has 0 aliphatic rings. The van der Waals surface area contributed by atoms with Crippen molar-refractivity contribution >= 4 is 17.9 Å². The van der Waals surface area contributed by atoms with Crippen molar-refractivity contribution in [2.24, 2.45) is 5.73 Å². The van der Waals surface area contributed by atoms with E-state index in [1.165, 1.54) is 7.11 Å². The highest BCUT2D eigenvalue weighted by Crippen LogP contribution is 2.04. The minimum atomic E-state index is -0.604. The molecule has 0 saturated carbocycles. The third-order valence-electron chi connectivity index (χ3n) is 2.26. The molecule has 0 spiro atoms. The summed E-state index contributed by atoms with van der Waals surface area (Å²) in [7, 11) is 1.28. The Morgan fingerprint density at radius 2 is 1.79 bits per heavy atom. The van der Waals surface area contributed by atoms with E-state index in [-0.39, 0.29) is 12.5 Å². The molecule has 1 aromatic carbocycles. The Morgan fingerprint density at radius 1 is 1.16 bits per heavy atom. The molecule has 19 heavy (non-hydrogen) atoms. The number of carbonyl (C=O) groups excluding carboxylic acids is 3. The van der Waals surface area contributed by atoms with Crippen molar-refractivity contribution < 1.29 is 19.1 Å². The summed E-state index contributed by atoms with van der Waals surface area (Å²) in [6.45, 7) is 0.0976. The van der Waals surface area contributed by atoms with Gasteiger partial charge in [-0.1, -0.05) is 12.1 Å². The molecule has 0 bridgehead atoms. The third-order valence-corrected chi connectivity index (χ3v) is 2.26. The third kappa shape index (κ3) is 5.07. The second kappa shape index (κ2) is 7.00. The molecule has 0 heterocycles. The van der Waals surface area contributed by atoms with Gasteiger partial charge in [0.1, 0.15) is 0 Å². The zero-order valence-corrected chi connectivity index (χ0v) is 10.4. The highest BCUT2D eigenvalue weighted by Gasteiger charge is 2.06. The highest BCUT2D eigenvalue weighted by molar-refractivity contribution is 5.96. The van der Waals surface area contributed by atoms with Crippen LogP contribution in [0.15, 0.2) is 24.3 Å². The van der Waals surface area contributed by atoms with Crippen molar-refractivity contribution in [1.82, 2.24) is 10.6 Å². The molecule has 0 aliphatic heterocycles. The van der Waals surface area contributed by atoms with Crippen LogP contribution in [0.1, 0.15) is 15.9 Å². The maximum absolute atomic E-state index is 11.6. The van der Waals surface area contributed by atoms with Crippen LogP contribution in [0.5, 0.6) is 0 Å². The number of hydrogen-bond acceptors (Lipinski definition) is 4. The second-order valence-corrected chi connectivity index (χ2v) is 3.69. The molecule has 1 aromatic rings. The van der Waals surface area contributed by atoms with Crippen molar-refractivity contribution in [1.29, 1.82) is 0 Å². The summed E-state index contributed by atoms with van der Waals surface area (Å²) in [6, 6.07) is 6.56. The predicted molar refractivity (Wildman–Crippen MR) is 67.2 cm³/mol. The number of alkyl carbamates (subject to hydrolysis) is 1. The molecule has 102 valence electrons. The van der Waals surface area contributed by atoms with E-state index in [2.05, 4.69) is 15.4 Å². The Hall–Kier alpha value is -2.57. The zero-order valence-electron chi connectivity index (χ0n) is 10.4. The van der Waals surface area contributed by atoms with Gasteiger partial charge in [-0.15, -0.1) is 0 Å². The van der Waals surface area contributed by atoms with E-state index < -0.39 is 12.0 Å². The molecule has 0 aliphatic carbocycles. The lowest BCUT2D eigenvalue weighted by Crippen LogP contribution is -2.33. The first-order chi connectivity index (χ1) is 9.02. The number of nitrogens with one attached hydrogen (secondary N) is 2. The van der Waals surface area contributed by atoms with Crippen LogP contribution in [-0.4, -0.2) is 31.6 Å². The Labute approximate surface area is 110 Å². The lowest BCUT2D eigenvalue weighted by molar-refractivity contribution is -0.117. The first-order valence-electron chi connectivity index (χ1n) is 5.50. The van der Waals surface area contributed by atoms with E-state index in [0.29, 0.717) is 12.1 Å². The number of ether oxygens (including phenoxy) is 1. The zero-order chi connectivity index (χ0) is 14.3. The topological polar surface area (TPSA) is 111 Å². The number of carbonyl (C=O) groups is 3. The predicted octanol–water partition coefficient (Wildman–Crippen LogP) is -0.242. The van der Waals surface area contributed by atoms with E-state index in [1.54, 1.807) is 24.3 Å². The monoisotopic (exact) mass is 265 g/mol. The second-order valence-electron chi connectivity index (χ2n) is 3.69. The molecule has 1 rings (SSSR count). The van der Waals surface area contributed by atoms with E-state index >= 15 is 0 Å².